The van der Waals surface area contributed by atoms with Crippen molar-refractivity contribution in [2.45, 2.75) is 46.3 Å². The predicted octanol–water partition coefficient (Wildman–Crippen LogP) is 5.66. The second kappa shape index (κ2) is 10.9. The predicted molar refractivity (Wildman–Crippen MR) is 160 cm³/mol. The number of benzene rings is 2. The van der Waals surface area contributed by atoms with Gasteiger partial charge in [-0.3, -0.25) is 9.36 Å². The molecule has 0 aliphatic rings. The van der Waals surface area contributed by atoms with Crippen molar-refractivity contribution in [2.24, 2.45) is 7.05 Å². The van der Waals surface area contributed by atoms with Gasteiger partial charge in [0.25, 0.3) is 0 Å². The Labute approximate surface area is 239 Å². The fourth-order valence-corrected chi connectivity index (χ4v) is 5.68. The zero-order chi connectivity index (χ0) is 28.7. The van der Waals surface area contributed by atoms with Crippen LogP contribution in [-0.4, -0.2) is 52.6 Å². The van der Waals surface area contributed by atoms with Gasteiger partial charge in [-0.15, -0.1) is 0 Å². The number of aromatic nitrogens is 7. The minimum atomic E-state index is -0.230. The summed E-state index contributed by atoms with van der Waals surface area (Å²) in [5, 5.41) is 26.0. The van der Waals surface area contributed by atoms with Crippen LogP contribution in [-0.2, 0) is 18.3 Å². The first-order valence-electron chi connectivity index (χ1n) is 14.0. The highest BCUT2D eigenvalue weighted by atomic mass is 16.5. The highest BCUT2D eigenvalue weighted by molar-refractivity contribution is 5.94. The summed E-state index contributed by atoms with van der Waals surface area (Å²) in [7, 11) is 1.91. The Bertz CT molecular complexity index is 1830. The summed E-state index contributed by atoms with van der Waals surface area (Å²) in [6.45, 7) is 9.31. The number of aliphatic hydroxyl groups excluding tert-OH is 1. The molecule has 9 heteroatoms. The number of pyridine rings is 1. The van der Waals surface area contributed by atoms with Crippen molar-refractivity contribution in [3.05, 3.63) is 89.5 Å². The number of rotatable bonds is 9. The first kappa shape index (κ1) is 26.9. The van der Waals surface area contributed by atoms with E-state index in [4.69, 9.17) is 19.9 Å². The summed E-state index contributed by atoms with van der Waals surface area (Å²) >= 11 is 0. The molecule has 0 fully saturated rings. The fourth-order valence-electron chi connectivity index (χ4n) is 5.68. The molecule has 2 aromatic carbocycles. The van der Waals surface area contributed by atoms with Crippen LogP contribution in [0, 0.1) is 13.8 Å². The Balaban J connectivity index is 1.44. The van der Waals surface area contributed by atoms with E-state index in [1.807, 2.05) is 72.0 Å². The third-order valence-electron chi connectivity index (χ3n) is 7.53. The Morgan fingerprint density at radius 3 is 2.51 bits per heavy atom. The SMILES string of the molecule is Cc1nc2nn(C)cc2cc1-n1nc(-c2cccc3nn(C[C@H](OCCO)c4ccccc4)cc23)c(C(C)C)c1C. The Morgan fingerprint density at radius 2 is 1.76 bits per heavy atom. The van der Waals surface area contributed by atoms with Crippen molar-refractivity contribution in [1.29, 1.82) is 0 Å². The normalized spacial score (nSPS) is 12.7. The van der Waals surface area contributed by atoms with E-state index in [-0.39, 0.29) is 25.2 Å². The van der Waals surface area contributed by atoms with Gasteiger partial charge in [0.2, 0.25) is 0 Å². The summed E-state index contributed by atoms with van der Waals surface area (Å²) in [6, 6.07) is 18.4. The molecule has 4 heterocycles. The van der Waals surface area contributed by atoms with E-state index in [0.717, 1.165) is 55.8 Å². The first-order valence-corrected chi connectivity index (χ1v) is 14.0. The summed E-state index contributed by atoms with van der Waals surface area (Å²) in [6.07, 6.45) is 3.83. The van der Waals surface area contributed by atoms with E-state index in [0.29, 0.717) is 6.54 Å². The van der Waals surface area contributed by atoms with Crippen LogP contribution in [0.3, 0.4) is 0 Å². The molecular weight excluding hydrogens is 514 g/mol. The molecular formula is C32H35N7O2. The zero-order valence-corrected chi connectivity index (χ0v) is 24.1. The second-order valence-electron chi connectivity index (χ2n) is 10.8. The number of hydrogen-bond acceptors (Lipinski definition) is 6. The molecule has 0 bridgehead atoms. The highest BCUT2D eigenvalue weighted by Crippen LogP contribution is 2.37. The third-order valence-corrected chi connectivity index (χ3v) is 7.53. The van der Waals surface area contributed by atoms with Crippen LogP contribution in [0.2, 0.25) is 0 Å². The average molecular weight is 550 g/mol. The number of nitrogens with zero attached hydrogens (tertiary/aromatic N) is 7. The molecule has 0 radical (unpaired) electrons. The van der Waals surface area contributed by atoms with Crippen LogP contribution in [0.15, 0.2) is 67.0 Å². The molecule has 0 saturated carbocycles. The number of hydrogen-bond donors (Lipinski definition) is 1. The largest absolute Gasteiger partial charge is 0.394 e. The number of ether oxygens (including phenoxy) is 1. The van der Waals surface area contributed by atoms with Gasteiger partial charge < -0.3 is 9.84 Å². The quantitative estimate of drug-likeness (QED) is 0.250. The zero-order valence-electron chi connectivity index (χ0n) is 24.1. The van der Waals surface area contributed by atoms with E-state index in [1.54, 1.807) is 4.68 Å². The fraction of sp³-hybridized carbons (Fsp3) is 0.312. The van der Waals surface area contributed by atoms with Crippen molar-refractivity contribution >= 4 is 21.9 Å². The third kappa shape index (κ3) is 5.03. The number of aryl methyl sites for hydroxylation is 2. The molecule has 1 atom stereocenters. The molecule has 210 valence electrons. The summed E-state index contributed by atoms with van der Waals surface area (Å²) in [5.74, 6) is 0.258. The lowest BCUT2D eigenvalue weighted by atomic mass is 9.95. The minimum Gasteiger partial charge on any atom is -0.394 e. The maximum absolute atomic E-state index is 9.39. The smallest absolute Gasteiger partial charge is 0.181 e. The van der Waals surface area contributed by atoms with Gasteiger partial charge in [-0.25, -0.2) is 9.67 Å². The van der Waals surface area contributed by atoms with Gasteiger partial charge in [-0.05, 0) is 37.5 Å². The van der Waals surface area contributed by atoms with Crippen LogP contribution in [0.1, 0.15) is 48.4 Å². The van der Waals surface area contributed by atoms with Crippen molar-refractivity contribution in [1.82, 2.24) is 34.3 Å². The lowest BCUT2D eigenvalue weighted by Crippen LogP contribution is -2.15. The minimum absolute atomic E-state index is 0.0305. The Morgan fingerprint density at radius 1 is 0.951 bits per heavy atom. The van der Waals surface area contributed by atoms with Gasteiger partial charge in [0.1, 0.15) is 6.10 Å². The lowest BCUT2D eigenvalue weighted by Gasteiger charge is -2.18. The van der Waals surface area contributed by atoms with Crippen molar-refractivity contribution in [3.8, 4) is 16.9 Å². The molecule has 4 aromatic heterocycles. The summed E-state index contributed by atoms with van der Waals surface area (Å²) in [5.41, 5.74) is 8.79. The van der Waals surface area contributed by atoms with Crippen LogP contribution < -0.4 is 0 Å². The average Bonchev–Trinajstić information content (AvgIpc) is 3.64. The second-order valence-corrected chi connectivity index (χ2v) is 10.8. The van der Waals surface area contributed by atoms with Gasteiger partial charge in [-0.2, -0.15) is 15.3 Å². The molecule has 41 heavy (non-hydrogen) atoms. The molecule has 0 unspecified atom stereocenters. The van der Waals surface area contributed by atoms with E-state index in [2.05, 4.69) is 44.2 Å². The summed E-state index contributed by atoms with van der Waals surface area (Å²) in [4.78, 5) is 4.76. The Hall–Kier alpha value is -4.34. The van der Waals surface area contributed by atoms with E-state index < -0.39 is 0 Å². The standard InChI is InChI=1S/C32H35N7O2/c1-20(2)30-22(4)39(28-16-24-17-37(5)36-32(24)33-21(28)3)35-31(30)25-12-9-13-27-26(25)18-38(34-27)19-29(41-15-14-40)23-10-7-6-8-11-23/h6-13,16-18,20,29,40H,14-15,19H2,1-5H3/t29-/m0/s1. The maximum atomic E-state index is 9.39. The molecule has 1 N–H and O–H groups in total. The molecule has 0 aliphatic heterocycles. The summed E-state index contributed by atoms with van der Waals surface area (Å²) < 4.78 is 11.8. The molecule has 0 amide bonds. The van der Waals surface area contributed by atoms with Gasteiger partial charge in [0, 0.05) is 47.0 Å². The van der Waals surface area contributed by atoms with Crippen LogP contribution in [0.25, 0.3) is 38.9 Å². The van der Waals surface area contributed by atoms with Crippen LogP contribution in [0.5, 0.6) is 0 Å². The first-order chi connectivity index (χ1) is 19.8. The molecule has 9 nitrogen and oxygen atoms in total. The van der Waals surface area contributed by atoms with Crippen LogP contribution in [0.4, 0.5) is 0 Å². The van der Waals surface area contributed by atoms with E-state index in [9.17, 15) is 5.11 Å². The molecule has 0 spiro atoms. The number of fused-ring (bicyclic) bond motifs is 2. The number of aliphatic hydroxyl groups is 1. The van der Waals surface area contributed by atoms with Crippen molar-refractivity contribution < 1.29 is 9.84 Å². The molecule has 6 aromatic rings. The molecule has 0 saturated heterocycles. The van der Waals surface area contributed by atoms with E-state index in [1.165, 1.54) is 5.56 Å². The molecule has 0 aliphatic carbocycles. The lowest BCUT2D eigenvalue weighted by molar-refractivity contribution is 0.0163. The van der Waals surface area contributed by atoms with Gasteiger partial charge in [0.05, 0.1) is 42.4 Å². The van der Waals surface area contributed by atoms with Gasteiger partial charge >= 0.3 is 0 Å². The van der Waals surface area contributed by atoms with Gasteiger partial charge in [-0.1, -0.05) is 56.3 Å². The topological polar surface area (TPSA) is 95.8 Å². The Kier molecular flexibility index (Phi) is 7.15. The highest BCUT2D eigenvalue weighted by Gasteiger charge is 2.24. The molecule has 6 rings (SSSR count). The van der Waals surface area contributed by atoms with Crippen molar-refractivity contribution in [2.75, 3.05) is 13.2 Å². The van der Waals surface area contributed by atoms with E-state index >= 15 is 0 Å². The monoisotopic (exact) mass is 549 g/mol. The maximum Gasteiger partial charge on any atom is 0.181 e. The van der Waals surface area contributed by atoms with Gasteiger partial charge in [0.15, 0.2) is 5.65 Å². The van der Waals surface area contributed by atoms with Crippen molar-refractivity contribution in [3.63, 3.8) is 0 Å². The van der Waals surface area contributed by atoms with Crippen LogP contribution >= 0.6 is 0 Å².